The third-order valence-corrected chi connectivity index (χ3v) is 3.78. The molecule has 0 aromatic carbocycles. The number of nitrogens with zero attached hydrogens (tertiary/aromatic N) is 2. The first-order valence-corrected chi connectivity index (χ1v) is 6.86. The molecule has 0 spiro atoms. The molecule has 2 aromatic rings. The molecule has 1 atom stereocenters. The summed E-state index contributed by atoms with van der Waals surface area (Å²) in [5, 5.41) is 15.4. The van der Waals surface area contributed by atoms with Crippen molar-refractivity contribution in [2.45, 2.75) is 26.8 Å². The van der Waals surface area contributed by atoms with Crippen molar-refractivity contribution in [2.75, 3.05) is 12.4 Å². The van der Waals surface area contributed by atoms with E-state index >= 15 is 0 Å². The van der Waals surface area contributed by atoms with Gasteiger partial charge in [-0.25, -0.2) is 4.98 Å². The molecule has 0 fully saturated rings. The van der Waals surface area contributed by atoms with Gasteiger partial charge in [0.1, 0.15) is 5.69 Å². The molecule has 0 aliphatic heterocycles. The van der Waals surface area contributed by atoms with Gasteiger partial charge in [-0.05, 0) is 20.8 Å². The summed E-state index contributed by atoms with van der Waals surface area (Å²) >= 11 is 1.41. The Hall–Kier alpha value is -1.89. The van der Waals surface area contributed by atoms with Gasteiger partial charge >= 0.3 is 0 Å². The van der Waals surface area contributed by atoms with Crippen LogP contribution in [0.4, 0.5) is 5.13 Å². The number of hydrogen-bond donors (Lipinski definition) is 3. The number of nitrogens with one attached hydrogen (secondary N) is 3. The van der Waals surface area contributed by atoms with Crippen LogP contribution in [-0.2, 0) is 0 Å². The molecule has 7 heteroatoms. The van der Waals surface area contributed by atoms with E-state index in [0.717, 1.165) is 22.1 Å². The zero-order valence-corrected chi connectivity index (χ0v) is 12.2. The van der Waals surface area contributed by atoms with Crippen LogP contribution in [-0.4, -0.2) is 28.1 Å². The third kappa shape index (κ3) is 2.76. The molecule has 1 amide bonds. The Balaban J connectivity index is 2.10. The standard InChI is InChI=1S/C12H17N5OS/c1-6(10-7(2)16-17-8(10)3)14-11(18)9-5-19-12(13-4)15-9/h5-6H,1-4H3,(H,13,15)(H,14,18)(H,16,17)/t6-/m1/s1. The van der Waals surface area contributed by atoms with Crippen LogP contribution in [0.15, 0.2) is 5.38 Å². The number of aryl methyl sites for hydroxylation is 2. The lowest BCUT2D eigenvalue weighted by atomic mass is 10.1. The van der Waals surface area contributed by atoms with Crippen molar-refractivity contribution in [2.24, 2.45) is 0 Å². The summed E-state index contributed by atoms with van der Waals surface area (Å²) in [6.07, 6.45) is 0. The van der Waals surface area contributed by atoms with E-state index in [-0.39, 0.29) is 11.9 Å². The normalized spacial score (nSPS) is 12.2. The second-order valence-corrected chi connectivity index (χ2v) is 5.19. The average Bonchev–Trinajstić information content (AvgIpc) is 2.96. The van der Waals surface area contributed by atoms with Crippen molar-refractivity contribution in [1.29, 1.82) is 0 Å². The van der Waals surface area contributed by atoms with E-state index < -0.39 is 0 Å². The molecule has 0 radical (unpaired) electrons. The molecule has 2 aromatic heterocycles. The van der Waals surface area contributed by atoms with Gasteiger partial charge < -0.3 is 10.6 Å². The molecule has 0 saturated heterocycles. The number of aromatic amines is 1. The Morgan fingerprint density at radius 2 is 2.21 bits per heavy atom. The molecule has 0 saturated carbocycles. The van der Waals surface area contributed by atoms with Crippen LogP contribution in [0.5, 0.6) is 0 Å². The van der Waals surface area contributed by atoms with Crippen LogP contribution in [0.25, 0.3) is 0 Å². The SMILES string of the molecule is CNc1nc(C(=O)N[C@H](C)c2c(C)n[nH]c2C)cs1. The van der Waals surface area contributed by atoms with Gasteiger partial charge in [-0.3, -0.25) is 9.89 Å². The van der Waals surface area contributed by atoms with Crippen molar-refractivity contribution in [3.8, 4) is 0 Å². The van der Waals surface area contributed by atoms with Crippen LogP contribution >= 0.6 is 11.3 Å². The second kappa shape index (κ2) is 5.40. The first-order valence-electron chi connectivity index (χ1n) is 5.98. The van der Waals surface area contributed by atoms with Crippen molar-refractivity contribution in [3.63, 3.8) is 0 Å². The van der Waals surface area contributed by atoms with Crippen molar-refractivity contribution < 1.29 is 4.79 Å². The minimum Gasteiger partial charge on any atom is -0.365 e. The van der Waals surface area contributed by atoms with E-state index in [1.807, 2.05) is 20.8 Å². The minimum absolute atomic E-state index is 0.106. The van der Waals surface area contributed by atoms with Gasteiger partial charge in [0.2, 0.25) is 0 Å². The van der Waals surface area contributed by atoms with Gasteiger partial charge in [0.15, 0.2) is 5.13 Å². The maximum Gasteiger partial charge on any atom is 0.271 e. The third-order valence-electron chi connectivity index (χ3n) is 2.92. The van der Waals surface area contributed by atoms with Crippen LogP contribution in [0, 0.1) is 13.8 Å². The summed E-state index contributed by atoms with van der Waals surface area (Å²) in [5.41, 5.74) is 3.33. The maximum atomic E-state index is 12.1. The number of amides is 1. The lowest BCUT2D eigenvalue weighted by molar-refractivity contribution is 0.0935. The number of thiazole rings is 1. The van der Waals surface area contributed by atoms with E-state index in [0.29, 0.717) is 5.69 Å². The summed E-state index contributed by atoms with van der Waals surface area (Å²) in [5.74, 6) is -0.176. The Kier molecular flexibility index (Phi) is 3.84. The molecule has 19 heavy (non-hydrogen) atoms. The van der Waals surface area contributed by atoms with Crippen molar-refractivity contribution >= 4 is 22.4 Å². The molecule has 3 N–H and O–H groups in total. The molecular formula is C12H17N5OS. The number of carbonyl (C=O) groups is 1. The Morgan fingerprint density at radius 1 is 1.47 bits per heavy atom. The van der Waals surface area contributed by atoms with Gasteiger partial charge in [-0.2, -0.15) is 5.10 Å². The molecule has 2 heterocycles. The van der Waals surface area contributed by atoms with E-state index in [1.54, 1.807) is 12.4 Å². The average molecular weight is 279 g/mol. The Bertz CT molecular complexity index is 569. The van der Waals surface area contributed by atoms with Gasteiger partial charge in [-0.15, -0.1) is 11.3 Å². The monoisotopic (exact) mass is 279 g/mol. The molecule has 2 rings (SSSR count). The number of H-pyrrole nitrogens is 1. The predicted octanol–water partition coefficient (Wildman–Crippen LogP) is 2.02. The largest absolute Gasteiger partial charge is 0.365 e. The molecule has 0 bridgehead atoms. The first-order chi connectivity index (χ1) is 9.02. The van der Waals surface area contributed by atoms with Crippen LogP contribution < -0.4 is 10.6 Å². The second-order valence-electron chi connectivity index (χ2n) is 4.33. The van der Waals surface area contributed by atoms with E-state index in [9.17, 15) is 4.79 Å². The van der Waals surface area contributed by atoms with E-state index in [2.05, 4.69) is 25.8 Å². The topological polar surface area (TPSA) is 82.7 Å². The summed E-state index contributed by atoms with van der Waals surface area (Å²) in [4.78, 5) is 16.3. The predicted molar refractivity (Wildman–Crippen MR) is 75.6 cm³/mol. The summed E-state index contributed by atoms with van der Waals surface area (Å²) in [6, 6.07) is -0.106. The number of carbonyl (C=O) groups excluding carboxylic acids is 1. The highest BCUT2D eigenvalue weighted by molar-refractivity contribution is 7.13. The summed E-state index contributed by atoms with van der Waals surface area (Å²) < 4.78 is 0. The molecule has 0 aliphatic rings. The highest BCUT2D eigenvalue weighted by Gasteiger charge is 2.18. The molecule has 0 aliphatic carbocycles. The number of rotatable bonds is 4. The summed E-state index contributed by atoms with van der Waals surface area (Å²) in [6.45, 7) is 5.80. The van der Waals surface area contributed by atoms with Crippen LogP contribution in [0.3, 0.4) is 0 Å². The maximum absolute atomic E-state index is 12.1. The van der Waals surface area contributed by atoms with Crippen molar-refractivity contribution in [1.82, 2.24) is 20.5 Å². The molecule has 102 valence electrons. The zero-order chi connectivity index (χ0) is 14.0. The zero-order valence-electron chi connectivity index (χ0n) is 11.4. The van der Waals surface area contributed by atoms with Gasteiger partial charge in [0.25, 0.3) is 5.91 Å². The van der Waals surface area contributed by atoms with Gasteiger partial charge in [0, 0.05) is 23.7 Å². The first kappa shape index (κ1) is 13.5. The van der Waals surface area contributed by atoms with E-state index in [1.165, 1.54) is 11.3 Å². The van der Waals surface area contributed by atoms with Gasteiger partial charge in [-0.1, -0.05) is 0 Å². The molecular weight excluding hydrogens is 262 g/mol. The fourth-order valence-electron chi connectivity index (χ4n) is 2.03. The molecule has 6 nitrogen and oxygen atoms in total. The highest BCUT2D eigenvalue weighted by atomic mass is 32.1. The fourth-order valence-corrected chi connectivity index (χ4v) is 2.69. The van der Waals surface area contributed by atoms with Gasteiger partial charge in [0.05, 0.1) is 11.7 Å². The fraction of sp³-hybridized carbons (Fsp3) is 0.417. The molecule has 0 unspecified atom stereocenters. The smallest absolute Gasteiger partial charge is 0.271 e. The number of hydrogen-bond acceptors (Lipinski definition) is 5. The summed E-state index contributed by atoms with van der Waals surface area (Å²) in [7, 11) is 1.78. The quantitative estimate of drug-likeness (QED) is 0.799. The highest BCUT2D eigenvalue weighted by Crippen LogP contribution is 2.20. The number of anilines is 1. The lowest BCUT2D eigenvalue weighted by Crippen LogP contribution is -2.27. The Labute approximate surface area is 115 Å². The lowest BCUT2D eigenvalue weighted by Gasteiger charge is -2.13. The Morgan fingerprint density at radius 3 is 2.74 bits per heavy atom. The van der Waals surface area contributed by atoms with Crippen LogP contribution in [0.1, 0.15) is 40.4 Å². The minimum atomic E-state index is -0.176. The van der Waals surface area contributed by atoms with Crippen molar-refractivity contribution in [3.05, 3.63) is 28.0 Å². The van der Waals surface area contributed by atoms with Crippen LogP contribution in [0.2, 0.25) is 0 Å². The van der Waals surface area contributed by atoms with E-state index in [4.69, 9.17) is 0 Å². The number of aromatic nitrogens is 3.